The molecule has 2 aromatic rings. The summed E-state index contributed by atoms with van der Waals surface area (Å²) in [6.45, 7) is 5.54. The number of nitrogens with zero attached hydrogens (tertiary/aromatic N) is 7. The van der Waals surface area contributed by atoms with Gasteiger partial charge in [-0.25, -0.2) is 14.6 Å². The monoisotopic (exact) mass is 385 g/mol. The van der Waals surface area contributed by atoms with Crippen molar-refractivity contribution >= 4 is 11.8 Å². The molecular weight excluding hydrogens is 358 g/mol. The van der Waals surface area contributed by atoms with Gasteiger partial charge in [0.2, 0.25) is 5.95 Å². The lowest BCUT2D eigenvalue weighted by Gasteiger charge is -2.22. The Hall–Kier alpha value is -2.26. The summed E-state index contributed by atoms with van der Waals surface area (Å²) in [6.07, 6.45) is 5.22. The van der Waals surface area contributed by atoms with E-state index in [2.05, 4.69) is 19.5 Å². The highest BCUT2D eigenvalue weighted by atomic mass is 16.5. The van der Waals surface area contributed by atoms with Crippen LogP contribution in [0.25, 0.3) is 0 Å². The topological polar surface area (TPSA) is 92.4 Å². The summed E-state index contributed by atoms with van der Waals surface area (Å²) in [4.78, 5) is 18.4. The average Bonchev–Trinajstić information content (AvgIpc) is 3.30. The van der Waals surface area contributed by atoms with Crippen molar-refractivity contribution in [3.8, 4) is 0 Å². The number of anilines is 2. The van der Waals surface area contributed by atoms with Gasteiger partial charge in [-0.05, 0) is 25.3 Å². The zero-order valence-electron chi connectivity index (χ0n) is 16.1. The van der Waals surface area contributed by atoms with Crippen LogP contribution >= 0.6 is 0 Å². The van der Waals surface area contributed by atoms with Crippen molar-refractivity contribution in [2.24, 2.45) is 0 Å². The second kappa shape index (κ2) is 7.63. The maximum atomic E-state index is 9.79. The fraction of sp³-hybridized carbons (Fsp3) is 0.684. The van der Waals surface area contributed by atoms with Crippen LogP contribution in [0, 0.1) is 0 Å². The summed E-state index contributed by atoms with van der Waals surface area (Å²) in [5.41, 5.74) is 0. The smallest absolute Gasteiger partial charge is 0.227 e. The second-order valence-corrected chi connectivity index (χ2v) is 7.84. The normalized spacial score (nSPS) is 23.7. The molecule has 150 valence electrons. The molecule has 0 bridgehead atoms. The fourth-order valence-electron chi connectivity index (χ4n) is 4.27. The molecule has 0 radical (unpaired) electrons. The molecule has 0 spiro atoms. The van der Waals surface area contributed by atoms with Crippen LogP contribution in [0.15, 0.2) is 12.3 Å². The van der Waals surface area contributed by atoms with E-state index < -0.39 is 0 Å². The zero-order valence-corrected chi connectivity index (χ0v) is 16.1. The molecule has 28 heavy (non-hydrogen) atoms. The lowest BCUT2D eigenvalue weighted by molar-refractivity contribution is 0.0835. The van der Waals surface area contributed by atoms with Crippen LogP contribution in [0.5, 0.6) is 0 Å². The van der Waals surface area contributed by atoms with Crippen LogP contribution in [0.3, 0.4) is 0 Å². The molecule has 0 aliphatic carbocycles. The zero-order chi connectivity index (χ0) is 18.9. The Labute approximate surface area is 164 Å². The molecule has 2 aromatic heterocycles. The molecule has 5 rings (SSSR count). The largest absolute Gasteiger partial charge is 0.391 e. The SMILES string of the molecule is OC1CCN(c2ccnc(N3CCc4nc(C5CCOCC5)nn4CC3)n2)C1. The van der Waals surface area contributed by atoms with E-state index in [1.54, 1.807) is 0 Å². The number of β-amino-alcohol motifs (C(OH)–C–C–N with tert-alkyl or cyclic N) is 1. The van der Waals surface area contributed by atoms with E-state index in [1.165, 1.54) is 0 Å². The number of aromatic nitrogens is 5. The number of rotatable bonds is 3. The Morgan fingerprint density at radius 3 is 2.71 bits per heavy atom. The van der Waals surface area contributed by atoms with Gasteiger partial charge in [0.1, 0.15) is 11.6 Å². The molecule has 1 N–H and O–H groups in total. The number of hydrogen-bond acceptors (Lipinski definition) is 8. The maximum Gasteiger partial charge on any atom is 0.227 e. The highest BCUT2D eigenvalue weighted by molar-refractivity contribution is 5.45. The fourth-order valence-corrected chi connectivity index (χ4v) is 4.27. The number of aliphatic hydroxyl groups excluding tert-OH is 1. The first kappa shape index (κ1) is 17.8. The van der Waals surface area contributed by atoms with Crippen molar-refractivity contribution in [2.45, 2.75) is 44.2 Å². The van der Waals surface area contributed by atoms with Gasteiger partial charge in [0.05, 0.1) is 12.6 Å². The molecular formula is C19H27N7O2. The van der Waals surface area contributed by atoms with Gasteiger partial charge in [-0.15, -0.1) is 0 Å². The minimum absolute atomic E-state index is 0.260. The molecule has 5 heterocycles. The lowest BCUT2D eigenvalue weighted by Crippen LogP contribution is -2.30. The molecule has 0 amide bonds. The van der Waals surface area contributed by atoms with Crippen LogP contribution < -0.4 is 9.80 Å². The van der Waals surface area contributed by atoms with Crippen molar-refractivity contribution in [1.29, 1.82) is 0 Å². The first-order chi connectivity index (χ1) is 13.8. The van der Waals surface area contributed by atoms with E-state index in [1.807, 2.05) is 12.3 Å². The summed E-state index contributed by atoms with van der Waals surface area (Å²) in [5, 5.41) is 14.6. The van der Waals surface area contributed by atoms with Gasteiger partial charge in [-0.1, -0.05) is 0 Å². The lowest BCUT2D eigenvalue weighted by atomic mass is 10.00. The highest BCUT2D eigenvalue weighted by Gasteiger charge is 2.25. The first-order valence-corrected chi connectivity index (χ1v) is 10.3. The number of ether oxygens (including phenoxy) is 1. The Bertz CT molecular complexity index is 795. The minimum Gasteiger partial charge on any atom is -0.391 e. The minimum atomic E-state index is -0.260. The average molecular weight is 385 g/mol. The van der Waals surface area contributed by atoms with E-state index in [4.69, 9.17) is 19.8 Å². The highest BCUT2D eigenvalue weighted by Crippen LogP contribution is 2.25. The number of hydrogen-bond donors (Lipinski definition) is 1. The van der Waals surface area contributed by atoms with Gasteiger partial charge < -0.3 is 19.6 Å². The van der Waals surface area contributed by atoms with Gasteiger partial charge in [-0.3, -0.25) is 0 Å². The van der Waals surface area contributed by atoms with Crippen LogP contribution in [0.4, 0.5) is 11.8 Å². The summed E-state index contributed by atoms with van der Waals surface area (Å²) >= 11 is 0. The Kier molecular flexibility index (Phi) is 4.86. The van der Waals surface area contributed by atoms with Crippen LogP contribution in [-0.2, 0) is 17.7 Å². The van der Waals surface area contributed by atoms with Gasteiger partial charge >= 0.3 is 0 Å². The van der Waals surface area contributed by atoms with Crippen molar-refractivity contribution in [3.05, 3.63) is 23.9 Å². The van der Waals surface area contributed by atoms with Crippen LogP contribution in [-0.4, -0.2) is 75.3 Å². The maximum absolute atomic E-state index is 9.79. The predicted molar refractivity (Wildman–Crippen MR) is 104 cm³/mol. The first-order valence-electron chi connectivity index (χ1n) is 10.3. The number of fused-ring (bicyclic) bond motifs is 1. The summed E-state index contributed by atoms with van der Waals surface area (Å²) in [6, 6.07) is 1.92. The molecule has 1 unspecified atom stereocenters. The molecule has 2 fully saturated rings. The molecule has 9 heteroatoms. The molecule has 0 saturated carbocycles. The van der Waals surface area contributed by atoms with E-state index in [9.17, 15) is 5.11 Å². The molecule has 3 aliphatic heterocycles. The third-order valence-electron chi connectivity index (χ3n) is 5.94. The van der Waals surface area contributed by atoms with Gasteiger partial charge in [-0.2, -0.15) is 10.1 Å². The van der Waals surface area contributed by atoms with Crippen molar-refractivity contribution < 1.29 is 9.84 Å². The number of aliphatic hydroxyl groups is 1. The van der Waals surface area contributed by atoms with Gasteiger partial charge in [0, 0.05) is 57.9 Å². The van der Waals surface area contributed by atoms with E-state index in [0.29, 0.717) is 12.5 Å². The van der Waals surface area contributed by atoms with Crippen molar-refractivity contribution in [2.75, 3.05) is 49.2 Å². The second-order valence-electron chi connectivity index (χ2n) is 7.84. The van der Waals surface area contributed by atoms with E-state index in [-0.39, 0.29) is 6.10 Å². The molecule has 1 atom stereocenters. The van der Waals surface area contributed by atoms with Gasteiger partial charge in [0.25, 0.3) is 0 Å². The summed E-state index contributed by atoms with van der Waals surface area (Å²) in [5.74, 6) is 4.11. The molecule has 2 saturated heterocycles. The van der Waals surface area contributed by atoms with Crippen molar-refractivity contribution in [1.82, 2.24) is 24.7 Å². The third-order valence-corrected chi connectivity index (χ3v) is 5.94. The molecule has 0 aromatic carbocycles. The Morgan fingerprint density at radius 1 is 1.00 bits per heavy atom. The molecule has 3 aliphatic rings. The Morgan fingerprint density at radius 2 is 1.89 bits per heavy atom. The van der Waals surface area contributed by atoms with E-state index >= 15 is 0 Å². The van der Waals surface area contributed by atoms with Crippen LogP contribution in [0.2, 0.25) is 0 Å². The van der Waals surface area contributed by atoms with Crippen molar-refractivity contribution in [3.63, 3.8) is 0 Å². The summed E-state index contributed by atoms with van der Waals surface area (Å²) < 4.78 is 7.52. The standard InChI is InChI=1S/C19H27N7O2/c27-15-2-7-25(13-15)16-1-6-20-19(22-16)24-8-3-17-21-18(23-26(17)10-9-24)14-4-11-28-12-5-14/h1,6,14-15,27H,2-5,7-13H2. The van der Waals surface area contributed by atoms with E-state index in [0.717, 1.165) is 88.5 Å². The third kappa shape index (κ3) is 3.56. The Balaban J connectivity index is 1.28. The quantitative estimate of drug-likeness (QED) is 0.821. The van der Waals surface area contributed by atoms with Gasteiger partial charge in [0.15, 0.2) is 5.82 Å². The predicted octanol–water partition coefficient (Wildman–Crippen LogP) is 0.596. The summed E-state index contributed by atoms with van der Waals surface area (Å²) in [7, 11) is 0. The van der Waals surface area contributed by atoms with Crippen LogP contribution in [0.1, 0.15) is 36.8 Å². The molecule has 9 nitrogen and oxygen atoms in total.